The van der Waals surface area contributed by atoms with Crippen molar-refractivity contribution in [1.29, 1.82) is 0 Å². The third-order valence-corrected chi connectivity index (χ3v) is 23.1. The van der Waals surface area contributed by atoms with Crippen LogP contribution in [0, 0.1) is 0 Å². The van der Waals surface area contributed by atoms with Gasteiger partial charge in [0, 0.05) is 0 Å². The van der Waals surface area contributed by atoms with Crippen LogP contribution in [0.15, 0.2) is 376 Å². The first-order valence-corrected chi connectivity index (χ1v) is 46.3. The normalized spacial score (nSPS) is 11.0. The minimum atomic E-state index is -4.35. The fourth-order valence-corrected chi connectivity index (χ4v) is 16.3. The van der Waals surface area contributed by atoms with Gasteiger partial charge < -0.3 is 9.11 Å². The molecule has 0 unspecified atom stereocenters. The summed E-state index contributed by atoms with van der Waals surface area (Å²) < 4.78 is 278. The van der Waals surface area contributed by atoms with E-state index in [1.807, 2.05) is 0 Å². The number of hydrogen-bond donors (Lipinski definition) is 7. The molecule has 0 aliphatic heterocycles. The molecule has 27 nitrogen and oxygen atoms in total. The Morgan fingerprint density at radius 2 is 0.269 bits per heavy atom. The van der Waals surface area contributed by atoms with E-state index in [2.05, 4.69) is 59.2 Å². The molecule has 119 heavy (non-hydrogen) atoms. The van der Waals surface area contributed by atoms with Crippen molar-refractivity contribution < 1.29 is 176 Å². The van der Waals surface area contributed by atoms with E-state index in [0.29, 0.717) is 108 Å². The molecule has 0 saturated heterocycles. The molecule has 9 rings (SSSR count). The third-order valence-electron chi connectivity index (χ3n) is 14.5. The summed E-state index contributed by atoms with van der Waals surface area (Å²) in [5.41, 5.74) is 4.88. The summed E-state index contributed by atoms with van der Waals surface area (Å²) in [5, 5.41) is 0. The van der Waals surface area contributed by atoms with Gasteiger partial charge in [-0.3, -0.25) is 31.9 Å². The van der Waals surface area contributed by atoms with Gasteiger partial charge in [0.2, 0.25) is 0 Å². The molecule has 0 aromatic heterocycles. The molecule has 9 aromatic rings. The maximum atomic E-state index is 10.8. The van der Waals surface area contributed by atoms with Crippen LogP contribution < -0.4 is 59.1 Å². The van der Waals surface area contributed by atoms with Gasteiger partial charge in [-0.15, -0.1) is 59.2 Å². The van der Waals surface area contributed by atoms with E-state index in [9.17, 15) is 84.9 Å². The molecule has 0 aliphatic rings. The second kappa shape index (κ2) is 55.0. The number of allylic oxidation sites excluding steroid dienone is 9. The number of hydrogen-bond acceptors (Lipinski definition) is 20. The van der Waals surface area contributed by atoms with Gasteiger partial charge in [-0.2, -0.15) is 58.9 Å². The summed E-state index contributed by atoms with van der Waals surface area (Å²) >= 11 is 0. The van der Waals surface area contributed by atoms with E-state index in [0.717, 1.165) is 0 Å². The monoisotopic (exact) mass is 1830 g/mol. The van der Waals surface area contributed by atoms with Crippen LogP contribution in [0.4, 0.5) is 0 Å². The average molecular weight is 1830 g/mol. The van der Waals surface area contributed by atoms with Crippen molar-refractivity contribution in [2.24, 2.45) is 0 Å². The topological polar surface area (TPSA) is 495 Å². The molecule has 0 amide bonds. The standard InChI is InChI=1S/9C9H10O3S.2Na/c9*1-2-5-8-6-3-4-7-9(8)13(10,11)12;;/h9*2-4,6-7H,1,5H2,(H,10,11,12);;/q;;;;;;;;;2*+1/p-2. The Hall–Kier alpha value is -8.17. The first-order chi connectivity index (χ1) is 54.5. The third kappa shape index (κ3) is 43.3. The summed E-state index contributed by atoms with van der Waals surface area (Å²) in [6.45, 7) is 31.5. The van der Waals surface area contributed by atoms with Crippen molar-refractivity contribution in [1.82, 2.24) is 0 Å². The second-order valence-corrected chi connectivity index (χ2v) is 35.6. The minimum Gasteiger partial charge on any atom is -0.744 e. The van der Waals surface area contributed by atoms with Crippen molar-refractivity contribution in [2.75, 3.05) is 0 Å². The van der Waals surface area contributed by atoms with Crippen molar-refractivity contribution in [3.05, 3.63) is 382 Å². The van der Waals surface area contributed by atoms with Crippen LogP contribution >= 0.6 is 0 Å². The van der Waals surface area contributed by atoms with Gasteiger partial charge >= 0.3 is 59.1 Å². The first-order valence-electron chi connectivity index (χ1n) is 33.4. The number of rotatable bonds is 27. The Balaban J connectivity index is 0. The molecule has 0 heterocycles. The fraction of sp³-hybridized carbons (Fsp3) is 0.111. The maximum Gasteiger partial charge on any atom is 1.00 e. The maximum absolute atomic E-state index is 10.8. The number of benzene rings is 9. The predicted molar refractivity (Wildman–Crippen MR) is 448 cm³/mol. The summed E-state index contributed by atoms with van der Waals surface area (Å²) in [7, 11) is -37.4. The van der Waals surface area contributed by atoms with Gasteiger partial charge in [0.05, 0.1) is 44.1 Å². The van der Waals surface area contributed by atoms with E-state index in [-0.39, 0.29) is 103 Å². The molecule has 0 spiro atoms. The predicted octanol–water partition coefficient (Wildman–Crippen LogP) is 8.28. The van der Waals surface area contributed by atoms with Crippen molar-refractivity contribution in [2.45, 2.75) is 102 Å². The zero-order chi connectivity index (χ0) is 89.1. The Labute approximate surface area is 743 Å². The molecule has 0 bridgehead atoms. The van der Waals surface area contributed by atoms with Crippen molar-refractivity contribution in [3.8, 4) is 0 Å². The van der Waals surface area contributed by atoms with E-state index < -0.39 is 91.1 Å². The Kier molecular flexibility index (Phi) is 52.1. The van der Waals surface area contributed by atoms with Crippen LogP contribution in [0.25, 0.3) is 0 Å². The first kappa shape index (κ1) is 113. The second-order valence-electron chi connectivity index (χ2n) is 23.1. The molecule has 38 heteroatoms. The van der Waals surface area contributed by atoms with Crippen molar-refractivity contribution in [3.63, 3.8) is 0 Å². The van der Waals surface area contributed by atoms with Gasteiger partial charge in [-0.1, -0.05) is 218 Å². The molecule has 7 N–H and O–H groups in total. The SMILES string of the molecule is C=CCc1ccccc1S(=O)(=O)O.C=CCc1ccccc1S(=O)(=O)O.C=CCc1ccccc1S(=O)(=O)O.C=CCc1ccccc1S(=O)(=O)O.C=CCc1ccccc1S(=O)(=O)O.C=CCc1ccccc1S(=O)(=O)O.C=CCc1ccccc1S(=O)(=O)O.C=CCc1ccccc1S(=O)(=O)[O-].C=CCc1ccccc1S(=O)(=O)[O-].[Na+].[Na+]. The van der Waals surface area contributed by atoms with Crippen LogP contribution in [-0.4, -0.2) is 117 Å². The summed E-state index contributed by atoms with van der Waals surface area (Å²) in [6.07, 6.45) is 18.0. The van der Waals surface area contributed by atoms with Crippen LogP contribution in [0.2, 0.25) is 0 Å². The van der Waals surface area contributed by atoms with Gasteiger partial charge in [0.1, 0.15) is 20.2 Å². The molecular weight excluding hydrogens is 1740 g/mol. The van der Waals surface area contributed by atoms with E-state index in [1.165, 1.54) is 66.7 Å². The molecular formula is C81H88Na2O27S9. The zero-order valence-corrected chi connectivity index (χ0v) is 76.0. The van der Waals surface area contributed by atoms with Gasteiger partial charge in [0.15, 0.2) is 0 Å². The quantitative estimate of drug-likeness (QED) is 0.0145. The Morgan fingerprint density at radius 3 is 0.353 bits per heavy atom. The smallest absolute Gasteiger partial charge is 0.744 e. The van der Waals surface area contributed by atoms with Gasteiger partial charge in [-0.05, 0) is 162 Å². The van der Waals surface area contributed by atoms with Crippen LogP contribution in [0.5, 0.6) is 0 Å². The fourth-order valence-electron chi connectivity index (χ4n) is 9.70. The molecule has 0 radical (unpaired) electrons. The molecule has 0 saturated carbocycles. The molecule has 0 fully saturated rings. The van der Waals surface area contributed by atoms with Crippen LogP contribution in [0.1, 0.15) is 50.1 Å². The van der Waals surface area contributed by atoms with Gasteiger partial charge in [0.25, 0.3) is 70.8 Å². The molecule has 0 aliphatic carbocycles. The van der Waals surface area contributed by atoms with Crippen LogP contribution in [-0.2, 0) is 149 Å². The van der Waals surface area contributed by atoms with Gasteiger partial charge in [-0.25, -0.2) is 16.8 Å². The zero-order valence-electron chi connectivity index (χ0n) is 64.7. The van der Waals surface area contributed by atoms with E-state index in [4.69, 9.17) is 31.9 Å². The summed E-state index contributed by atoms with van der Waals surface area (Å²) in [5.74, 6) is 0. The molecule has 630 valence electrons. The largest absolute Gasteiger partial charge is 1.00 e. The Bertz CT molecular complexity index is 4840. The summed E-state index contributed by atoms with van der Waals surface area (Å²) in [4.78, 5) is -0.640. The Morgan fingerprint density at radius 1 is 0.185 bits per heavy atom. The van der Waals surface area contributed by atoms with Crippen LogP contribution in [0.3, 0.4) is 0 Å². The molecule has 9 aromatic carbocycles. The average Bonchev–Trinajstić information content (AvgIpc) is 0.910. The van der Waals surface area contributed by atoms with Crippen molar-refractivity contribution >= 4 is 91.1 Å². The van der Waals surface area contributed by atoms with E-state index >= 15 is 0 Å². The minimum absolute atomic E-state index is 0. The summed E-state index contributed by atoms with van der Waals surface area (Å²) in [6, 6.07) is 56.3. The van der Waals surface area contributed by atoms with E-state index in [1.54, 1.807) is 206 Å². The molecule has 0 atom stereocenters.